The molecule has 0 spiro atoms. The maximum absolute atomic E-state index is 11.4. The monoisotopic (exact) mass is 396 g/mol. The van der Waals surface area contributed by atoms with Gasteiger partial charge in [-0.1, -0.05) is 24.3 Å². The predicted octanol–water partition coefficient (Wildman–Crippen LogP) is 3.43. The molecule has 0 aliphatic heterocycles. The van der Waals surface area contributed by atoms with Crippen LogP contribution in [-0.4, -0.2) is 33.0 Å². The van der Waals surface area contributed by atoms with Gasteiger partial charge in [-0.05, 0) is 6.07 Å². The van der Waals surface area contributed by atoms with Crippen molar-refractivity contribution in [2.24, 2.45) is 5.10 Å². The number of nitro benzene ring substituents is 3. The fourth-order valence-electron chi connectivity index (χ4n) is 2.74. The second-order valence-corrected chi connectivity index (χ2v) is 5.79. The third-order valence-corrected chi connectivity index (χ3v) is 4.02. The first-order valence-corrected chi connectivity index (χ1v) is 8.02. The van der Waals surface area contributed by atoms with Crippen molar-refractivity contribution in [3.63, 3.8) is 0 Å². The lowest BCUT2D eigenvalue weighted by Crippen LogP contribution is -2.14. The topological polar surface area (TPSA) is 158 Å². The molecule has 3 aromatic rings. The van der Waals surface area contributed by atoms with Gasteiger partial charge >= 0.3 is 11.4 Å². The summed E-state index contributed by atoms with van der Waals surface area (Å²) in [4.78, 5) is 35.2. The Bertz CT molecular complexity index is 1140. The second kappa shape index (κ2) is 7.64. The van der Waals surface area contributed by atoms with Crippen LogP contribution in [0.25, 0.3) is 10.9 Å². The summed E-state index contributed by atoms with van der Waals surface area (Å²) in [5.41, 5.74) is -1.64. The number of fused-ring (bicyclic) bond motifs is 1. The highest BCUT2D eigenvalue weighted by Gasteiger charge is 2.33. The van der Waals surface area contributed by atoms with Gasteiger partial charge < -0.3 is 0 Å². The van der Waals surface area contributed by atoms with Crippen molar-refractivity contribution in [3.8, 4) is 0 Å². The van der Waals surface area contributed by atoms with Crippen molar-refractivity contribution in [1.29, 1.82) is 0 Å². The number of hydrogen-bond donors (Lipinski definition) is 0. The van der Waals surface area contributed by atoms with Crippen molar-refractivity contribution in [2.45, 2.75) is 0 Å². The number of aromatic nitrogens is 1. The quantitative estimate of drug-likeness (QED) is 0.348. The molecule has 0 atom stereocenters. The molecule has 0 N–H and O–H groups in total. The van der Waals surface area contributed by atoms with Crippen molar-refractivity contribution in [3.05, 3.63) is 84.6 Å². The molecular formula is C17H12N6O6. The number of rotatable bonds is 6. The Balaban J connectivity index is 2.11. The van der Waals surface area contributed by atoms with Gasteiger partial charge in [0, 0.05) is 24.2 Å². The van der Waals surface area contributed by atoms with Crippen LogP contribution in [0, 0.1) is 30.3 Å². The summed E-state index contributed by atoms with van der Waals surface area (Å²) in [5.74, 6) is 0. The Morgan fingerprint density at radius 1 is 0.966 bits per heavy atom. The van der Waals surface area contributed by atoms with Gasteiger partial charge in [0.15, 0.2) is 0 Å². The number of pyridine rings is 1. The maximum atomic E-state index is 11.4. The van der Waals surface area contributed by atoms with Crippen molar-refractivity contribution in [1.82, 2.24) is 4.98 Å². The van der Waals surface area contributed by atoms with Gasteiger partial charge in [0.05, 0.1) is 38.6 Å². The first-order valence-electron chi connectivity index (χ1n) is 8.02. The average Bonchev–Trinajstić information content (AvgIpc) is 2.70. The molecule has 0 unspecified atom stereocenters. The van der Waals surface area contributed by atoms with Gasteiger partial charge in [0.1, 0.15) is 0 Å². The molecule has 146 valence electrons. The molecule has 1 aromatic heterocycles. The van der Waals surface area contributed by atoms with E-state index in [1.54, 1.807) is 24.4 Å². The fraction of sp³-hybridized carbons (Fsp3) is 0.0588. The zero-order chi connectivity index (χ0) is 21.1. The van der Waals surface area contributed by atoms with Crippen molar-refractivity contribution >= 4 is 39.9 Å². The summed E-state index contributed by atoms with van der Waals surface area (Å²) in [6, 6.07) is 10.2. The number of hydrogen-bond acceptors (Lipinski definition) is 9. The van der Waals surface area contributed by atoms with E-state index in [0.29, 0.717) is 23.2 Å². The van der Waals surface area contributed by atoms with E-state index in [4.69, 9.17) is 0 Å². The van der Waals surface area contributed by atoms with Crippen LogP contribution in [0.2, 0.25) is 0 Å². The summed E-state index contributed by atoms with van der Waals surface area (Å²) in [6.07, 6.45) is 2.94. The Morgan fingerprint density at radius 2 is 1.59 bits per heavy atom. The summed E-state index contributed by atoms with van der Waals surface area (Å²) < 4.78 is 0. The number of non-ortho nitro benzene ring substituents is 1. The van der Waals surface area contributed by atoms with Crippen LogP contribution in [0.4, 0.5) is 22.7 Å². The normalized spacial score (nSPS) is 10.9. The standard InChI is InChI=1S/C17H12N6O6/c1-20(19-10-12-5-2-4-11-6-3-7-18-16(11)12)17-14(22(26)27)8-13(21(24)25)9-15(17)23(28)29/h2-10H,1H3/b19-10+. The lowest BCUT2D eigenvalue weighted by molar-refractivity contribution is -0.402. The molecule has 0 fully saturated rings. The zero-order valence-electron chi connectivity index (χ0n) is 14.8. The average molecular weight is 396 g/mol. The minimum Gasteiger partial charge on any atom is -0.258 e. The Kier molecular flexibility index (Phi) is 5.08. The number of para-hydroxylation sites is 1. The van der Waals surface area contributed by atoms with Gasteiger partial charge in [0.25, 0.3) is 5.69 Å². The Hall–Kier alpha value is -4.48. The highest BCUT2D eigenvalue weighted by atomic mass is 16.6. The number of benzene rings is 2. The molecule has 12 heteroatoms. The van der Waals surface area contributed by atoms with Gasteiger partial charge in [-0.3, -0.25) is 40.3 Å². The summed E-state index contributed by atoms with van der Waals surface area (Å²) >= 11 is 0. The largest absolute Gasteiger partial charge is 0.308 e. The minimum atomic E-state index is -0.936. The van der Waals surface area contributed by atoms with E-state index < -0.39 is 37.5 Å². The zero-order valence-corrected chi connectivity index (χ0v) is 14.8. The molecular weight excluding hydrogens is 384 g/mol. The van der Waals surface area contributed by atoms with E-state index in [9.17, 15) is 30.3 Å². The summed E-state index contributed by atoms with van der Waals surface area (Å²) in [5, 5.41) is 39.6. The molecule has 29 heavy (non-hydrogen) atoms. The molecule has 0 aliphatic rings. The van der Waals surface area contributed by atoms with Gasteiger partial charge in [0.2, 0.25) is 5.69 Å². The molecule has 0 radical (unpaired) electrons. The number of anilines is 1. The van der Waals surface area contributed by atoms with E-state index >= 15 is 0 Å². The third kappa shape index (κ3) is 3.80. The smallest absolute Gasteiger partial charge is 0.258 e. The lowest BCUT2D eigenvalue weighted by atomic mass is 10.1. The molecule has 0 aliphatic carbocycles. The van der Waals surface area contributed by atoms with Crippen LogP contribution in [0.15, 0.2) is 53.8 Å². The van der Waals surface area contributed by atoms with Gasteiger partial charge in [-0.25, -0.2) is 0 Å². The van der Waals surface area contributed by atoms with Gasteiger partial charge in [-0.2, -0.15) is 5.10 Å². The number of hydrazone groups is 1. The van der Waals surface area contributed by atoms with Crippen LogP contribution < -0.4 is 5.01 Å². The highest BCUT2D eigenvalue weighted by molar-refractivity contribution is 5.97. The van der Waals surface area contributed by atoms with E-state index in [-0.39, 0.29) is 0 Å². The van der Waals surface area contributed by atoms with Crippen molar-refractivity contribution in [2.75, 3.05) is 12.1 Å². The minimum absolute atomic E-state index is 0.477. The molecule has 0 saturated carbocycles. The summed E-state index contributed by atoms with van der Waals surface area (Å²) in [6.45, 7) is 0. The van der Waals surface area contributed by atoms with E-state index in [0.717, 1.165) is 10.4 Å². The van der Waals surface area contributed by atoms with E-state index in [1.165, 1.54) is 13.3 Å². The predicted molar refractivity (Wildman–Crippen MR) is 104 cm³/mol. The SMILES string of the molecule is CN(/N=C/c1cccc2cccnc12)c1c([N+](=O)[O-])cc([N+](=O)[O-])cc1[N+](=O)[O-]. The second-order valence-electron chi connectivity index (χ2n) is 5.79. The van der Waals surface area contributed by atoms with Crippen LogP contribution >= 0.6 is 0 Å². The lowest BCUT2D eigenvalue weighted by Gasteiger charge is -2.13. The molecule has 0 saturated heterocycles. The highest BCUT2D eigenvalue weighted by Crippen LogP contribution is 2.40. The summed E-state index contributed by atoms with van der Waals surface area (Å²) in [7, 11) is 1.27. The van der Waals surface area contributed by atoms with Gasteiger partial charge in [-0.15, -0.1) is 0 Å². The molecule has 2 aromatic carbocycles. The molecule has 0 amide bonds. The van der Waals surface area contributed by atoms with Crippen LogP contribution in [0.3, 0.4) is 0 Å². The number of nitrogens with zero attached hydrogens (tertiary/aromatic N) is 6. The molecule has 0 bridgehead atoms. The molecule has 3 rings (SSSR count). The third-order valence-electron chi connectivity index (χ3n) is 4.02. The Labute approximate surface area is 162 Å². The number of nitro groups is 3. The van der Waals surface area contributed by atoms with Crippen LogP contribution in [-0.2, 0) is 0 Å². The Morgan fingerprint density at radius 3 is 2.17 bits per heavy atom. The maximum Gasteiger partial charge on any atom is 0.308 e. The molecule has 12 nitrogen and oxygen atoms in total. The van der Waals surface area contributed by atoms with E-state index in [2.05, 4.69) is 10.1 Å². The van der Waals surface area contributed by atoms with E-state index in [1.807, 2.05) is 12.1 Å². The molecule has 1 heterocycles. The van der Waals surface area contributed by atoms with Crippen LogP contribution in [0.1, 0.15) is 5.56 Å². The fourth-order valence-corrected chi connectivity index (χ4v) is 2.74. The first kappa shape index (κ1) is 19.3. The van der Waals surface area contributed by atoms with Crippen molar-refractivity contribution < 1.29 is 14.8 Å². The first-order chi connectivity index (χ1) is 13.8. The van der Waals surface area contributed by atoms with Crippen LogP contribution in [0.5, 0.6) is 0 Å².